The molecule has 0 N–H and O–H groups in total. The van der Waals surface area contributed by atoms with Crippen molar-refractivity contribution in [1.29, 1.82) is 0 Å². The lowest BCUT2D eigenvalue weighted by Crippen LogP contribution is -2.11. The smallest absolute Gasteiger partial charge is 0.143 e. The first-order chi connectivity index (χ1) is 27.2. The maximum atomic E-state index is 6.42. The summed E-state index contributed by atoms with van der Waals surface area (Å²) in [5, 5.41) is 6.97. The summed E-state index contributed by atoms with van der Waals surface area (Å²) in [7, 11) is 0. The molecule has 0 radical (unpaired) electrons. The third-order valence-corrected chi connectivity index (χ3v) is 10.9. The lowest BCUT2D eigenvalue weighted by molar-refractivity contribution is 0.669. The summed E-state index contributed by atoms with van der Waals surface area (Å²) in [5.41, 5.74) is 13.6. The van der Waals surface area contributed by atoms with Crippen LogP contribution >= 0.6 is 0 Å². The normalized spacial score (nSPS) is 11.6. The summed E-state index contributed by atoms with van der Waals surface area (Å²) in [4.78, 5) is 2.36. The SMILES string of the molecule is c1ccc(N(c2ccc(-c3ccc4ccccc4c3)cc2)c2ccc(-c3cccc4c3oc3ccccc34)cc2)c(-c2ccc3oc4ccccc4c3c2)c1. The second-order valence-electron chi connectivity index (χ2n) is 14.1. The first-order valence-corrected chi connectivity index (χ1v) is 18.7. The van der Waals surface area contributed by atoms with E-state index in [0.717, 1.165) is 83.2 Å². The monoisotopic (exact) mass is 703 g/mol. The molecule has 0 amide bonds. The van der Waals surface area contributed by atoms with Gasteiger partial charge in [-0.2, -0.15) is 0 Å². The number of benzene rings is 9. The molecular weight excluding hydrogens is 671 g/mol. The zero-order chi connectivity index (χ0) is 36.3. The van der Waals surface area contributed by atoms with E-state index in [4.69, 9.17) is 8.83 Å². The van der Waals surface area contributed by atoms with Gasteiger partial charge >= 0.3 is 0 Å². The summed E-state index contributed by atoms with van der Waals surface area (Å²) in [6, 6.07) is 71.1. The average molecular weight is 704 g/mol. The highest BCUT2D eigenvalue weighted by molar-refractivity contribution is 6.10. The predicted octanol–water partition coefficient (Wildman–Crippen LogP) is 15.1. The molecule has 9 aromatic carbocycles. The van der Waals surface area contributed by atoms with Crippen LogP contribution in [-0.2, 0) is 0 Å². The number of hydrogen-bond donors (Lipinski definition) is 0. The van der Waals surface area contributed by atoms with E-state index < -0.39 is 0 Å². The lowest BCUT2D eigenvalue weighted by Gasteiger charge is -2.28. The van der Waals surface area contributed by atoms with Gasteiger partial charge in [0.1, 0.15) is 22.3 Å². The van der Waals surface area contributed by atoms with Gasteiger partial charge in [0.2, 0.25) is 0 Å². The van der Waals surface area contributed by atoms with Crippen LogP contribution in [-0.4, -0.2) is 0 Å². The number of anilines is 3. The molecule has 0 saturated carbocycles. The number of fused-ring (bicyclic) bond motifs is 7. The van der Waals surface area contributed by atoms with Crippen LogP contribution < -0.4 is 4.90 Å². The fraction of sp³-hybridized carbons (Fsp3) is 0. The molecule has 0 aliphatic carbocycles. The van der Waals surface area contributed by atoms with Gasteiger partial charge in [0.05, 0.1) is 5.69 Å². The Bertz CT molecular complexity index is 3200. The quantitative estimate of drug-likeness (QED) is 0.173. The van der Waals surface area contributed by atoms with E-state index in [2.05, 4.69) is 181 Å². The second-order valence-corrected chi connectivity index (χ2v) is 14.1. The van der Waals surface area contributed by atoms with Gasteiger partial charge in [-0.3, -0.25) is 0 Å². The van der Waals surface area contributed by atoms with Crippen molar-refractivity contribution in [2.24, 2.45) is 0 Å². The minimum Gasteiger partial charge on any atom is -0.456 e. The molecule has 0 aliphatic rings. The van der Waals surface area contributed by atoms with Gasteiger partial charge in [-0.25, -0.2) is 0 Å². The third kappa shape index (κ3) is 5.28. The van der Waals surface area contributed by atoms with Crippen LogP contribution in [0.4, 0.5) is 17.1 Å². The van der Waals surface area contributed by atoms with E-state index in [9.17, 15) is 0 Å². The average Bonchev–Trinajstić information content (AvgIpc) is 3.83. The van der Waals surface area contributed by atoms with Crippen LogP contribution in [0.15, 0.2) is 209 Å². The zero-order valence-electron chi connectivity index (χ0n) is 29.8. The van der Waals surface area contributed by atoms with E-state index in [0.29, 0.717) is 0 Å². The van der Waals surface area contributed by atoms with Crippen molar-refractivity contribution in [3.63, 3.8) is 0 Å². The molecule has 0 aliphatic heterocycles. The Labute approximate surface area is 317 Å². The second kappa shape index (κ2) is 12.6. The van der Waals surface area contributed by atoms with Gasteiger partial charge in [-0.1, -0.05) is 140 Å². The first kappa shape index (κ1) is 31.2. The van der Waals surface area contributed by atoms with Crippen molar-refractivity contribution in [3.05, 3.63) is 200 Å². The van der Waals surface area contributed by atoms with Gasteiger partial charge in [-0.05, 0) is 93.7 Å². The Morgan fingerprint density at radius 1 is 0.309 bits per heavy atom. The van der Waals surface area contributed by atoms with Crippen LogP contribution in [0.25, 0.3) is 88.0 Å². The molecule has 0 fully saturated rings. The fourth-order valence-electron chi connectivity index (χ4n) is 8.17. The Morgan fingerprint density at radius 2 is 0.873 bits per heavy atom. The van der Waals surface area contributed by atoms with Crippen molar-refractivity contribution in [2.75, 3.05) is 4.90 Å². The largest absolute Gasteiger partial charge is 0.456 e. The van der Waals surface area contributed by atoms with Gasteiger partial charge in [0, 0.05) is 44.0 Å². The molecule has 0 bridgehead atoms. The van der Waals surface area contributed by atoms with Crippen molar-refractivity contribution >= 4 is 71.7 Å². The van der Waals surface area contributed by atoms with E-state index in [1.807, 2.05) is 24.3 Å². The summed E-state index contributed by atoms with van der Waals surface area (Å²) < 4.78 is 12.6. The van der Waals surface area contributed by atoms with Gasteiger partial charge in [0.15, 0.2) is 0 Å². The Balaban J connectivity index is 1.05. The van der Waals surface area contributed by atoms with E-state index in [1.165, 1.54) is 21.9 Å². The minimum absolute atomic E-state index is 0.888. The molecule has 0 atom stereocenters. The maximum Gasteiger partial charge on any atom is 0.143 e. The molecule has 2 aromatic heterocycles. The highest BCUT2D eigenvalue weighted by Gasteiger charge is 2.19. The predicted molar refractivity (Wildman–Crippen MR) is 229 cm³/mol. The molecule has 11 aromatic rings. The number of hydrogen-bond acceptors (Lipinski definition) is 3. The van der Waals surface area contributed by atoms with Gasteiger partial charge in [-0.15, -0.1) is 0 Å². The van der Waals surface area contributed by atoms with E-state index in [1.54, 1.807) is 0 Å². The molecule has 0 spiro atoms. The van der Waals surface area contributed by atoms with Crippen LogP contribution in [0.5, 0.6) is 0 Å². The molecule has 258 valence electrons. The number of nitrogens with zero attached hydrogens (tertiary/aromatic N) is 1. The van der Waals surface area contributed by atoms with Crippen molar-refractivity contribution in [1.82, 2.24) is 0 Å². The lowest BCUT2D eigenvalue weighted by atomic mass is 9.98. The van der Waals surface area contributed by atoms with Crippen LogP contribution in [0.3, 0.4) is 0 Å². The fourth-order valence-corrected chi connectivity index (χ4v) is 8.17. The van der Waals surface area contributed by atoms with E-state index in [-0.39, 0.29) is 0 Å². The molecule has 3 nitrogen and oxygen atoms in total. The molecule has 2 heterocycles. The molecule has 3 heteroatoms. The zero-order valence-corrected chi connectivity index (χ0v) is 29.8. The standard InChI is InChI=1S/C52H33NO2/c1-2-11-37-32-38(21-20-34(37)10-1)35-22-27-40(28-23-35)53(41-29-24-36(25-30-41)43-15-9-16-46-44-13-4-8-19-50(44)55-52(43)46)48-17-6-3-12-42(48)39-26-31-51-47(33-39)45-14-5-7-18-49(45)54-51/h1-33H. The number of furan rings is 2. The van der Waals surface area contributed by atoms with Crippen LogP contribution in [0.1, 0.15) is 0 Å². The molecule has 0 saturated heterocycles. The maximum absolute atomic E-state index is 6.42. The Kier molecular flexibility index (Phi) is 7.17. The summed E-state index contributed by atoms with van der Waals surface area (Å²) in [6.07, 6.45) is 0. The summed E-state index contributed by atoms with van der Waals surface area (Å²) >= 11 is 0. The molecule has 0 unspecified atom stereocenters. The Hall–Kier alpha value is -7.36. The van der Waals surface area contributed by atoms with Crippen LogP contribution in [0.2, 0.25) is 0 Å². The topological polar surface area (TPSA) is 29.5 Å². The van der Waals surface area contributed by atoms with Gasteiger partial charge in [0.25, 0.3) is 0 Å². The number of rotatable bonds is 6. The van der Waals surface area contributed by atoms with Crippen molar-refractivity contribution in [3.8, 4) is 33.4 Å². The summed E-state index contributed by atoms with van der Waals surface area (Å²) in [6.45, 7) is 0. The Morgan fingerprint density at radius 3 is 1.67 bits per heavy atom. The van der Waals surface area contributed by atoms with Crippen LogP contribution in [0, 0.1) is 0 Å². The highest BCUT2D eigenvalue weighted by atomic mass is 16.3. The van der Waals surface area contributed by atoms with Gasteiger partial charge < -0.3 is 13.7 Å². The number of para-hydroxylation sites is 4. The van der Waals surface area contributed by atoms with E-state index >= 15 is 0 Å². The van der Waals surface area contributed by atoms with Crippen molar-refractivity contribution in [2.45, 2.75) is 0 Å². The molecule has 11 rings (SSSR count). The molecule has 55 heavy (non-hydrogen) atoms. The third-order valence-electron chi connectivity index (χ3n) is 10.9. The minimum atomic E-state index is 0.888. The first-order valence-electron chi connectivity index (χ1n) is 18.7. The highest BCUT2D eigenvalue weighted by Crippen LogP contribution is 2.44. The molecular formula is C52H33NO2. The van der Waals surface area contributed by atoms with Crippen molar-refractivity contribution < 1.29 is 8.83 Å². The summed E-state index contributed by atoms with van der Waals surface area (Å²) in [5.74, 6) is 0.